The monoisotopic (exact) mass is 485 g/mol. The van der Waals surface area contributed by atoms with Crippen molar-refractivity contribution >= 4 is 22.7 Å². The molecule has 0 aliphatic heterocycles. The zero-order chi connectivity index (χ0) is 25.9. The lowest BCUT2D eigenvalue weighted by atomic mass is 9.99. The molecule has 0 unspecified atom stereocenters. The minimum atomic E-state index is -0.545. The van der Waals surface area contributed by atoms with E-state index in [0.29, 0.717) is 22.2 Å². The number of esters is 1. The number of hydrogen-bond donors (Lipinski definition) is 0. The van der Waals surface area contributed by atoms with Crippen molar-refractivity contribution in [2.75, 3.05) is 6.61 Å². The van der Waals surface area contributed by atoms with Crippen molar-refractivity contribution in [3.05, 3.63) is 125 Å². The summed E-state index contributed by atoms with van der Waals surface area (Å²) in [6.45, 7) is 5.67. The summed E-state index contributed by atoms with van der Waals surface area (Å²) in [5.41, 5.74) is 8.70. The van der Waals surface area contributed by atoms with Gasteiger partial charge in [0.25, 0.3) is 0 Å². The quantitative estimate of drug-likeness (QED) is 0.184. The Hall–Kier alpha value is -4.57. The normalized spacial score (nSPS) is 10.9. The highest BCUT2D eigenvalue weighted by Gasteiger charge is 2.18. The zero-order valence-electron chi connectivity index (χ0n) is 21.1. The van der Waals surface area contributed by atoms with E-state index in [0.717, 1.165) is 33.3 Å². The number of rotatable bonds is 6. The highest BCUT2D eigenvalue weighted by molar-refractivity contribution is 6.06. The summed E-state index contributed by atoms with van der Waals surface area (Å²) >= 11 is 0. The molecule has 0 bridgehead atoms. The molecular weight excluding hydrogens is 458 g/mol. The summed E-state index contributed by atoms with van der Waals surface area (Å²) < 4.78 is 5.48. The van der Waals surface area contributed by atoms with Gasteiger partial charge in [-0.3, -0.25) is 4.79 Å². The zero-order valence-corrected chi connectivity index (χ0v) is 21.1. The number of para-hydroxylation sites is 1. The number of nitrogens with zero attached hydrogens (tertiary/aromatic N) is 1. The lowest BCUT2D eigenvalue weighted by molar-refractivity contribution is 0.0476. The summed E-state index contributed by atoms with van der Waals surface area (Å²) in [6, 6.07) is 31.2. The van der Waals surface area contributed by atoms with Gasteiger partial charge in [0, 0.05) is 16.5 Å². The maximum atomic E-state index is 13.2. The van der Waals surface area contributed by atoms with Crippen LogP contribution < -0.4 is 0 Å². The molecule has 0 spiro atoms. The van der Waals surface area contributed by atoms with Crippen molar-refractivity contribution in [3.63, 3.8) is 0 Å². The number of benzene rings is 4. The van der Waals surface area contributed by atoms with E-state index in [9.17, 15) is 9.59 Å². The van der Waals surface area contributed by atoms with Crippen LogP contribution in [0.15, 0.2) is 97.1 Å². The molecule has 0 N–H and O–H groups in total. The number of ether oxygens (including phenoxy) is 1. The van der Waals surface area contributed by atoms with Crippen LogP contribution in [0.5, 0.6) is 0 Å². The first kappa shape index (κ1) is 24.1. The molecular formula is C33H27NO3. The highest BCUT2D eigenvalue weighted by atomic mass is 16.5. The molecule has 1 heterocycles. The SMILES string of the molecule is Cc1ccc(C(=O)COC(=O)c2cc(-c3ccc(-c4ccc(C)cc4)cc3)nc3c(C)cccc23)cc1. The van der Waals surface area contributed by atoms with E-state index >= 15 is 0 Å². The van der Waals surface area contributed by atoms with Gasteiger partial charge in [0.2, 0.25) is 0 Å². The first-order valence-electron chi connectivity index (χ1n) is 12.2. The van der Waals surface area contributed by atoms with E-state index in [2.05, 4.69) is 43.3 Å². The van der Waals surface area contributed by atoms with E-state index in [1.54, 1.807) is 18.2 Å². The molecule has 4 heteroatoms. The number of pyridine rings is 1. The molecule has 0 atom stereocenters. The van der Waals surface area contributed by atoms with Gasteiger partial charge in [-0.25, -0.2) is 9.78 Å². The van der Waals surface area contributed by atoms with Crippen molar-refractivity contribution in [3.8, 4) is 22.4 Å². The molecule has 0 aliphatic carbocycles. The topological polar surface area (TPSA) is 56.3 Å². The van der Waals surface area contributed by atoms with Crippen LogP contribution in [0.25, 0.3) is 33.3 Å². The number of aryl methyl sites for hydroxylation is 3. The standard InChI is InChI=1S/C33H27NO3/c1-21-7-11-24(12-8-21)25-15-17-26(18-16-25)30-19-29(28-6-4-5-23(3)32(28)34-30)33(36)37-20-31(35)27-13-9-22(2)10-14-27/h4-19H,20H2,1-3H3. The van der Waals surface area contributed by atoms with Gasteiger partial charge < -0.3 is 4.74 Å². The number of aromatic nitrogens is 1. The second-order valence-corrected chi connectivity index (χ2v) is 9.33. The van der Waals surface area contributed by atoms with E-state index < -0.39 is 5.97 Å². The average molecular weight is 486 g/mol. The second kappa shape index (κ2) is 10.2. The van der Waals surface area contributed by atoms with Gasteiger partial charge in [0.05, 0.1) is 16.8 Å². The third-order valence-corrected chi connectivity index (χ3v) is 6.53. The maximum Gasteiger partial charge on any atom is 0.339 e. The molecule has 0 amide bonds. The van der Waals surface area contributed by atoms with Gasteiger partial charge >= 0.3 is 5.97 Å². The third-order valence-electron chi connectivity index (χ3n) is 6.53. The predicted octanol–water partition coefficient (Wildman–Crippen LogP) is 7.53. The number of carbonyl (C=O) groups excluding carboxylic acids is 2. The fraction of sp³-hybridized carbons (Fsp3) is 0.121. The van der Waals surface area contributed by atoms with E-state index in [1.165, 1.54) is 5.56 Å². The number of Topliss-reactive ketones (excluding diaryl/α,β-unsaturated/α-hetero) is 1. The van der Waals surface area contributed by atoms with Crippen LogP contribution in [0.4, 0.5) is 0 Å². The van der Waals surface area contributed by atoms with E-state index in [4.69, 9.17) is 9.72 Å². The van der Waals surface area contributed by atoms with E-state index in [1.807, 2.05) is 56.3 Å². The molecule has 0 fully saturated rings. The molecule has 0 saturated carbocycles. The Bertz CT molecular complexity index is 1600. The first-order chi connectivity index (χ1) is 17.9. The molecule has 0 radical (unpaired) electrons. The number of fused-ring (bicyclic) bond motifs is 1. The van der Waals surface area contributed by atoms with Gasteiger partial charge in [-0.15, -0.1) is 0 Å². The molecule has 4 nitrogen and oxygen atoms in total. The molecule has 5 rings (SSSR count). The van der Waals surface area contributed by atoms with Gasteiger partial charge in [-0.1, -0.05) is 102 Å². The predicted molar refractivity (Wildman–Crippen MR) is 148 cm³/mol. The average Bonchev–Trinajstić information content (AvgIpc) is 2.92. The molecule has 4 aromatic carbocycles. The fourth-order valence-corrected chi connectivity index (χ4v) is 4.32. The molecule has 0 saturated heterocycles. The molecule has 5 aromatic rings. The Morgan fingerprint density at radius 2 is 1.27 bits per heavy atom. The summed E-state index contributed by atoms with van der Waals surface area (Å²) in [5, 5.41) is 0.702. The first-order valence-corrected chi connectivity index (χ1v) is 12.2. The minimum absolute atomic E-state index is 0.241. The Kier molecular flexibility index (Phi) is 6.65. The minimum Gasteiger partial charge on any atom is -0.454 e. The molecule has 182 valence electrons. The Morgan fingerprint density at radius 3 is 1.92 bits per heavy atom. The van der Waals surface area contributed by atoms with Crippen LogP contribution >= 0.6 is 0 Å². The summed E-state index contributed by atoms with van der Waals surface area (Å²) in [5.74, 6) is -0.786. The van der Waals surface area contributed by atoms with Crippen LogP contribution in [0.1, 0.15) is 37.4 Å². The number of carbonyl (C=O) groups is 2. The van der Waals surface area contributed by atoms with Crippen LogP contribution in [-0.4, -0.2) is 23.3 Å². The Labute approximate surface area is 216 Å². The van der Waals surface area contributed by atoms with Crippen LogP contribution in [0.3, 0.4) is 0 Å². The third kappa shape index (κ3) is 5.19. The fourth-order valence-electron chi connectivity index (χ4n) is 4.32. The van der Waals surface area contributed by atoms with Gasteiger partial charge in [0.1, 0.15) is 0 Å². The van der Waals surface area contributed by atoms with Crippen molar-refractivity contribution < 1.29 is 14.3 Å². The van der Waals surface area contributed by atoms with Crippen molar-refractivity contribution in [1.82, 2.24) is 4.98 Å². The highest BCUT2D eigenvalue weighted by Crippen LogP contribution is 2.29. The van der Waals surface area contributed by atoms with Crippen molar-refractivity contribution in [2.45, 2.75) is 20.8 Å². The molecule has 37 heavy (non-hydrogen) atoms. The molecule has 0 aliphatic rings. The largest absolute Gasteiger partial charge is 0.454 e. The summed E-state index contributed by atoms with van der Waals surface area (Å²) in [4.78, 5) is 30.7. The lowest BCUT2D eigenvalue weighted by Gasteiger charge is -2.12. The number of hydrogen-bond acceptors (Lipinski definition) is 4. The molecule has 1 aromatic heterocycles. The van der Waals surface area contributed by atoms with Crippen molar-refractivity contribution in [2.24, 2.45) is 0 Å². The van der Waals surface area contributed by atoms with Gasteiger partial charge in [0.15, 0.2) is 12.4 Å². The van der Waals surface area contributed by atoms with Gasteiger partial charge in [-0.2, -0.15) is 0 Å². The Balaban J connectivity index is 1.45. The maximum absolute atomic E-state index is 13.2. The Morgan fingerprint density at radius 1 is 0.703 bits per heavy atom. The van der Waals surface area contributed by atoms with Crippen molar-refractivity contribution in [1.29, 1.82) is 0 Å². The summed E-state index contributed by atoms with van der Waals surface area (Å²) in [7, 11) is 0. The summed E-state index contributed by atoms with van der Waals surface area (Å²) in [6.07, 6.45) is 0. The van der Waals surface area contributed by atoms with Crippen LogP contribution in [0, 0.1) is 20.8 Å². The lowest BCUT2D eigenvalue weighted by Crippen LogP contribution is -2.15. The van der Waals surface area contributed by atoms with Crippen LogP contribution in [-0.2, 0) is 4.74 Å². The second-order valence-electron chi connectivity index (χ2n) is 9.33. The van der Waals surface area contributed by atoms with Crippen LogP contribution in [0.2, 0.25) is 0 Å². The van der Waals surface area contributed by atoms with E-state index in [-0.39, 0.29) is 12.4 Å². The van der Waals surface area contributed by atoms with Gasteiger partial charge in [-0.05, 0) is 43.5 Å². The smallest absolute Gasteiger partial charge is 0.339 e. The number of ketones is 1.